The van der Waals surface area contributed by atoms with Gasteiger partial charge in [-0.3, -0.25) is 9.78 Å². The van der Waals surface area contributed by atoms with Crippen molar-refractivity contribution in [1.29, 1.82) is 0 Å². The highest BCUT2D eigenvalue weighted by molar-refractivity contribution is 5.94. The van der Waals surface area contributed by atoms with Gasteiger partial charge in [0.1, 0.15) is 5.69 Å². The van der Waals surface area contributed by atoms with Gasteiger partial charge in [0, 0.05) is 18.9 Å². The summed E-state index contributed by atoms with van der Waals surface area (Å²) in [6, 6.07) is 6.38. The Morgan fingerprint density at radius 3 is 2.50 bits per heavy atom. The van der Waals surface area contributed by atoms with E-state index in [1.54, 1.807) is 31.5 Å². The first-order chi connectivity index (χ1) is 9.58. The van der Waals surface area contributed by atoms with Crippen molar-refractivity contribution >= 4 is 11.9 Å². The minimum Gasteiger partial charge on any atom is -0.478 e. The number of carboxylic acid groups (broad SMARTS) is 1. The molecule has 0 atom stereocenters. The van der Waals surface area contributed by atoms with Crippen LogP contribution < -0.4 is 5.32 Å². The molecular formula is C14H13N3O3. The van der Waals surface area contributed by atoms with Crippen molar-refractivity contribution in [2.24, 2.45) is 0 Å². The number of aryl methyl sites for hydroxylation is 1. The number of pyridine rings is 2. The van der Waals surface area contributed by atoms with E-state index in [0.717, 1.165) is 5.56 Å². The van der Waals surface area contributed by atoms with Crippen molar-refractivity contribution in [2.75, 3.05) is 0 Å². The summed E-state index contributed by atoms with van der Waals surface area (Å²) in [4.78, 5) is 30.7. The summed E-state index contributed by atoms with van der Waals surface area (Å²) in [6.07, 6.45) is 3.29. The Balaban J connectivity index is 2.06. The standard InChI is InChI=1S/C14H13N3O3/c1-9-11(14(19)20)2-3-12(17-9)13(18)16-8-10-4-6-15-7-5-10/h2-7H,8H2,1H3,(H,16,18)(H,19,20). The van der Waals surface area contributed by atoms with Gasteiger partial charge in [-0.15, -0.1) is 0 Å². The van der Waals surface area contributed by atoms with E-state index in [2.05, 4.69) is 15.3 Å². The van der Waals surface area contributed by atoms with Crippen LogP contribution in [0.25, 0.3) is 0 Å². The van der Waals surface area contributed by atoms with Crippen molar-refractivity contribution in [3.63, 3.8) is 0 Å². The fourth-order valence-corrected chi connectivity index (χ4v) is 1.69. The molecule has 6 heteroatoms. The molecule has 102 valence electrons. The molecule has 0 unspecified atom stereocenters. The minimum absolute atomic E-state index is 0.0932. The number of carboxylic acids is 1. The molecule has 1 amide bonds. The highest BCUT2D eigenvalue weighted by atomic mass is 16.4. The monoisotopic (exact) mass is 271 g/mol. The summed E-state index contributed by atoms with van der Waals surface area (Å²) < 4.78 is 0. The molecule has 2 aromatic heterocycles. The van der Waals surface area contributed by atoms with Gasteiger partial charge in [0.15, 0.2) is 0 Å². The molecule has 20 heavy (non-hydrogen) atoms. The zero-order chi connectivity index (χ0) is 14.5. The third kappa shape index (κ3) is 3.17. The molecule has 0 aliphatic rings. The summed E-state index contributed by atoms with van der Waals surface area (Å²) in [5, 5.41) is 11.6. The van der Waals surface area contributed by atoms with Crippen LogP contribution in [-0.2, 0) is 6.54 Å². The Kier molecular flexibility index (Phi) is 4.05. The summed E-state index contributed by atoms with van der Waals surface area (Å²) >= 11 is 0. The summed E-state index contributed by atoms with van der Waals surface area (Å²) in [6.45, 7) is 1.92. The van der Waals surface area contributed by atoms with Gasteiger partial charge in [-0.05, 0) is 36.8 Å². The minimum atomic E-state index is -1.06. The summed E-state index contributed by atoms with van der Waals surface area (Å²) in [5.41, 5.74) is 1.53. The van der Waals surface area contributed by atoms with Crippen LogP contribution in [0.3, 0.4) is 0 Å². The molecule has 0 aliphatic heterocycles. The van der Waals surface area contributed by atoms with Gasteiger partial charge in [-0.25, -0.2) is 9.78 Å². The number of aromatic nitrogens is 2. The smallest absolute Gasteiger partial charge is 0.337 e. The van der Waals surface area contributed by atoms with Gasteiger partial charge in [0.2, 0.25) is 0 Å². The van der Waals surface area contributed by atoms with E-state index in [0.29, 0.717) is 12.2 Å². The largest absolute Gasteiger partial charge is 0.478 e. The van der Waals surface area contributed by atoms with Gasteiger partial charge in [-0.2, -0.15) is 0 Å². The van der Waals surface area contributed by atoms with Crippen LogP contribution in [0.15, 0.2) is 36.7 Å². The SMILES string of the molecule is Cc1nc(C(=O)NCc2ccncc2)ccc1C(=O)O. The third-order valence-corrected chi connectivity index (χ3v) is 2.75. The number of aromatic carboxylic acids is 1. The fourth-order valence-electron chi connectivity index (χ4n) is 1.69. The van der Waals surface area contributed by atoms with Crippen molar-refractivity contribution in [3.05, 3.63) is 59.2 Å². The van der Waals surface area contributed by atoms with Gasteiger partial charge >= 0.3 is 5.97 Å². The van der Waals surface area contributed by atoms with Gasteiger partial charge < -0.3 is 10.4 Å². The van der Waals surface area contributed by atoms with Gasteiger partial charge in [-0.1, -0.05) is 0 Å². The molecule has 2 rings (SSSR count). The van der Waals surface area contributed by atoms with Crippen molar-refractivity contribution < 1.29 is 14.7 Å². The van der Waals surface area contributed by atoms with Crippen LogP contribution in [0.4, 0.5) is 0 Å². The number of hydrogen-bond acceptors (Lipinski definition) is 4. The molecule has 6 nitrogen and oxygen atoms in total. The van der Waals surface area contributed by atoms with Crippen LogP contribution in [-0.4, -0.2) is 27.0 Å². The molecule has 0 saturated heterocycles. The molecule has 2 N–H and O–H groups in total. The molecule has 0 aliphatic carbocycles. The molecular weight excluding hydrogens is 258 g/mol. The second kappa shape index (κ2) is 5.92. The van der Waals surface area contributed by atoms with E-state index in [1.807, 2.05) is 0 Å². The topological polar surface area (TPSA) is 92.2 Å². The highest BCUT2D eigenvalue weighted by Crippen LogP contribution is 2.07. The normalized spacial score (nSPS) is 10.1. The molecule has 0 fully saturated rings. The summed E-state index contributed by atoms with van der Waals surface area (Å²) in [5.74, 6) is -1.40. The second-order valence-corrected chi connectivity index (χ2v) is 4.17. The predicted octanol–water partition coefficient (Wildman–Crippen LogP) is 1.41. The average Bonchev–Trinajstić information content (AvgIpc) is 2.45. The molecule has 0 bridgehead atoms. The molecule has 2 heterocycles. The number of carbonyl (C=O) groups is 2. The first-order valence-electron chi connectivity index (χ1n) is 5.96. The van der Waals surface area contributed by atoms with Crippen molar-refractivity contribution in [1.82, 2.24) is 15.3 Å². The van der Waals surface area contributed by atoms with Gasteiger partial charge in [0.25, 0.3) is 5.91 Å². The van der Waals surface area contributed by atoms with Crippen LogP contribution >= 0.6 is 0 Å². The zero-order valence-corrected chi connectivity index (χ0v) is 10.8. The lowest BCUT2D eigenvalue weighted by atomic mass is 10.2. The molecule has 0 saturated carbocycles. The summed E-state index contributed by atoms with van der Waals surface area (Å²) in [7, 11) is 0. The van der Waals surface area contributed by atoms with Crippen LogP contribution in [0.5, 0.6) is 0 Å². The maximum absolute atomic E-state index is 11.9. The third-order valence-electron chi connectivity index (χ3n) is 2.75. The Morgan fingerprint density at radius 1 is 1.20 bits per heavy atom. The lowest BCUT2D eigenvalue weighted by molar-refractivity contribution is 0.0694. The van der Waals surface area contributed by atoms with E-state index in [4.69, 9.17) is 5.11 Å². The van der Waals surface area contributed by atoms with E-state index < -0.39 is 5.97 Å². The lowest BCUT2D eigenvalue weighted by Gasteiger charge is -2.06. The van der Waals surface area contributed by atoms with E-state index in [-0.39, 0.29) is 17.2 Å². The quantitative estimate of drug-likeness (QED) is 0.877. The zero-order valence-electron chi connectivity index (χ0n) is 10.8. The number of nitrogens with zero attached hydrogens (tertiary/aromatic N) is 2. The van der Waals surface area contributed by atoms with Crippen LogP contribution in [0, 0.1) is 6.92 Å². The van der Waals surface area contributed by atoms with Gasteiger partial charge in [0.05, 0.1) is 11.3 Å². The van der Waals surface area contributed by atoms with Crippen LogP contribution in [0.1, 0.15) is 32.1 Å². The lowest BCUT2D eigenvalue weighted by Crippen LogP contribution is -2.24. The molecule has 0 aromatic carbocycles. The first-order valence-corrected chi connectivity index (χ1v) is 5.96. The predicted molar refractivity (Wildman–Crippen MR) is 71.3 cm³/mol. The van der Waals surface area contributed by atoms with Crippen molar-refractivity contribution in [2.45, 2.75) is 13.5 Å². The number of rotatable bonds is 4. The molecule has 2 aromatic rings. The Hall–Kier alpha value is -2.76. The maximum atomic E-state index is 11.9. The van der Waals surface area contributed by atoms with Crippen LogP contribution in [0.2, 0.25) is 0 Å². The highest BCUT2D eigenvalue weighted by Gasteiger charge is 2.12. The molecule has 0 radical (unpaired) electrons. The number of carbonyl (C=O) groups excluding carboxylic acids is 1. The average molecular weight is 271 g/mol. The Bertz CT molecular complexity index is 641. The number of hydrogen-bond donors (Lipinski definition) is 2. The maximum Gasteiger partial charge on any atom is 0.337 e. The number of nitrogens with one attached hydrogen (secondary N) is 1. The Morgan fingerprint density at radius 2 is 1.90 bits per heavy atom. The van der Waals surface area contributed by atoms with Crippen molar-refractivity contribution in [3.8, 4) is 0 Å². The Labute approximate surface area is 115 Å². The number of amides is 1. The first kappa shape index (κ1) is 13.7. The van der Waals surface area contributed by atoms with E-state index in [1.165, 1.54) is 12.1 Å². The fraction of sp³-hybridized carbons (Fsp3) is 0.143. The van der Waals surface area contributed by atoms with E-state index >= 15 is 0 Å². The second-order valence-electron chi connectivity index (χ2n) is 4.17. The van der Waals surface area contributed by atoms with E-state index in [9.17, 15) is 9.59 Å². The molecule has 0 spiro atoms.